The average molecular weight is 265 g/mol. The molecular weight excluding hydrogens is 252 g/mol. The third-order valence-electron chi connectivity index (χ3n) is 2.75. The maximum absolute atomic E-state index is 11.0. The van der Waals surface area contributed by atoms with Gasteiger partial charge in [-0.05, 0) is 24.1 Å². The van der Waals surface area contributed by atoms with E-state index in [0.29, 0.717) is 11.4 Å². The Bertz CT molecular complexity index is 566. The van der Waals surface area contributed by atoms with Gasteiger partial charge in [0, 0.05) is 16.8 Å². The van der Waals surface area contributed by atoms with Crippen LogP contribution in [0.5, 0.6) is 0 Å². The number of nitrogens with zero attached hydrogens (tertiary/aromatic N) is 2. The van der Waals surface area contributed by atoms with E-state index in [4.69, 9.17) is 16.7 Å². The van der Waals surface area contributed by atoms with E-state index >= 15 is 0 Å². The van der Waals surface area contributed by atoms with Crippen LogP contribution in [0.25, 0.3) is 11.1 Å². The Hall–Kier alpha value is -1.81. The van der Waals surface area contributed by atoms with Gasteiger partial charge in [0.25, 0.3) is 0 Å². The molecule has 0 fully saturated rings. The van der Waals surface area contributed by atoms with Gasteiger partial charge in [-0.1, -0.05) is 30.7 Å². The van der Waals surface area contributed by atoms with E-state index < -0.39 is 12.0 Å². The number of benzene rings is 1. The molecule has 0 unspecified atom stereocenters. The molecule has 0 bridgehead atoms. The number of hydrogen-bond donors (Lipinski definition) is 1. The van der Waals surface area contributed by atoms with Crippen molar-refractivity contribution in [3.63, 3.8) is 0 Å². The lowest BCUT2D eigenvalue weighted by atomic mass is 10.1. The van der Waals surface area contributed by atoms with E-state index in [9.17, 15) is 4.79 Å². The molecule has 1 heterocycles. The first-order valence-corrected chi connectivity index (χ1v) is 6.02. The summed E-state index contributed by atoms with van der Waals surface area (Å²) < 4.78 is 1.47. The first-order chi connectivity index (χ1) is 8.61. The van der Waals surface area contributed by atoms with E-state index in [0.717, 1.165) is 11.1 Å². The van der Waals surface area contributed by atoms with Crippen LogP contribution in [0.4, 0.5) is 0 Å². The van der Waals surface area contributed by atoms with Crippen molar-refractivity contribution in [1.82, 2.24) is 9.78 Å². The highest BCUT2D eigenvalue weighted by Crippen LogP contribution is 2.23. The predicted molar refractivity (Wildman–Crippen MR) is 69.6 cm³/mol. The van der Waals surface area contributed by atoms with Crippen LogP contribution >= 0.6 is 11.6 Å². The fourth-order valence-corrected chi connectivity index (χ4v) is 1.99. The Balaban J connectivity index is 2.33. The van der Waals surface area contributed by atoms with E-state index in [1.54, 1.807) is 18.5 Å². The van der Waals surface area contributed by atoms with Gasteiger partial charge in [0.2, 0.25) is 0 Å². The van der Waals surface area contributed by atoms with Gasteiger partial charge in [-0.25, -0.2) is 4.79 Å². The van der Waals surface area contributed by atoms with Crippen molar-refractivity contribution in [3.8, 4) is 11.1 Å². The maximum Gasteiger partial charge on any atom is 0.328 e. The van der Waals surface area contributed by atoms with Crippen molar-refractivity contribution in [2.75, 3.05) is 0 Å². The quantitative estimate of drug-likeness (QED) is 0.922. The molecule has 0 amide bonds. The third kappa shape index (κ3) is 2.54. The van der Waals surface area contributed by atoms with Gasteiger partial charge >= 0.3 is 5.97 Å². The second kappa shape index (κ2) is 5.23. The van der Waals surface area contributed by atoms with E-state index in [-0.39, 0.29) is 0 Å². The standard InChI is InChI=1S/C13H13ClN2O2/c1-2-12(13(17)18)16-8-10(7-15-16)9-4-3-5-11(14)6-9/h3-8,12H,2H2,1H3,(H,17,18)/t12-/m0/s1. The zero-order chi connectivity index (χ0) is 13.1. The summed E-state index contributed by atoms with van der Waals surface area (Å²) >= 11 is 5.92. The minimum absolute atomic E-state index is 0.492. The molecule has 0 aliphatic rings. The number of aromatic nitrogens is 2. The Morgan fingerprint density at radius 3 is 2.89 bits per heavy atom. The van der Waals surface area contributed by atoms with Crippen molar-refractivity contribution in [2.45, 2.75) is 19.4 Å². The molecule has 0 aliphatic carbocycles. The van der Waals surface area contributed by atoms with Crippen LogP contribution < -0.4 is 0 Å². The van der Waals surface area contributed by atoms with Crippen molar-refractivity contribution >= 4 is 17.6 Å². The van der Waals surface area contributed by atoms with Crippen LogP contribution in [0, 0.1) is 0 Å². The topological polar surface area (TPSA) is 55.1 Å². The molecule has 0 spiro atoms. The zero-order valence-electron chi connectivity index (χ0n) is 9.88. The number of aliphatic carboxylic acids is 1. The minimum atomic E-state index is -0.877. The Labute approximate surface area is 110 Å². The SMILES string of the molecule is CC[C@@H](C(=O)O)n1cc(-c2cccc(Cl)c2)cn1. The average Bonchev–Trinajstić information content (AvgIpc) is 2.79. The molecule has 2 aromatic rings. The lowest BCUT2D eigenvalue weighted by Crippen LogP contribution is -2.18. The molecule has 18 heavy (non-hydrogen) atoms. The summed E-state index contributed by atoms with van der Waals surface area (Å²) in [7, 11) is 0. The van der Waals surface area contributed by atoms with Gasteiger partial charge in [0.05, 0.1) is 6.20 Å². The normalized spacial score (nSPS) is 12.3. The molecule has 4 nitrogen and oxygen atoms in total. The van der Waals surface area contributed by atoms with Gasteiger partial charge in [-0.2, -0.15) is 5.10 Å². The van der Waals surface area contributed by atoms with Gasteiger partial charge in [-0.3, -0.25) is 4.68 Å². The molecule has 1 N–H and O–H groups in total. The molecule has 94 valence electrons. The minimum Gasteiger partial charge on any atom is -0.480 e. The number of carbonyl (C=O) groups is 1. The van der Waals surface area contributed by atoms with Gasteiger partial charge < -0.3 is 5.11 Å². The van der Waals surface area contributed by atoms with Crippen LogP contribution in [0.1, 0.15) is 19.4 Å². The highest BCUT2D eigenvalue weighted by atomic mass is 35.5. The van der Waals surface area contributed by atoms with Crippen LogP contribution in [-0.2, 0) is 4.79 Å². The Morgan fingerprint density at radius 1 is 1.50 bits per heavy atom. The van der Waals surface area contributed by atoms with Gasteiger partial charge in [-0.15, -0.1) is 0 Å². The highest BCUT2D eigenvalue weighted by molar-refractivity contribution is 6.30. The number of carboxylic acid groups (broad SMARTS) is 1. The molecule has 0 aliphatic heterocycles. The number of hydrogen-bond acceptors (Lipinski definition) is 2. The number of carboxylic acids is 1. The van der Waals surface area contributed by atoms with Crippen molar-refractivity contribution in [1.29, 1.82) is 0 Å². The third-order valence-corrected chi connectivity index (χ3v) is 2.99. The Morgan fingerprint density at radius 2 is 2.28 bits per heavy atom. The summed E-state index contributed by atoms with van der Waals surface area (Å²) in [6, 6.07) is 6.75. The molecule has 1 atom stereocenters. The summed E-state index contributed by atoms with van der Waals surface area (Å²) in [5, 5.41) is 13.8. The second-order valence-corrected chi connectivity index (χ2v) is 4.42. The van der Waals surface area contributed by atoms with Crippen LogP contribution in [-0.4, -0.2) is 20.9 Å². The molecule has 1 aromatic carbocycles. The molecule has 5 heteroatoms. The monoisotopic (exact) mass is 264 g/mol. The number of rotatable bonds is 4. The van der Waals surface area contributed by atoms with Crippen LogP contribution in [0.2, 0.25) is 5.02 Å². The molecule has 0 saturated heterocycles. The van der Waals surface area contributed by atoms with Gasteiger partial charge in [0.15, 0.2) is 0 Å². The van der Waals surface area contributed by atoms with Crippen LogP contribution in [0.3, 0.4) is 0 Å². The molecule has 0 radical (unpaired) electrons. The maximum atomic E-state index is 11.0. The largest absolute Gasteiger partial charge is 0.480 e. The summed E-state index contributed by atoms with van der Waals surface area (Å²) in [6.07, 6.45) is 3.87. The lowest BCUT2D eigenvalue weighted by Gasteiger charge is -2.09. The van der Waals surface area contributed by atoms with E-state index in [1.807, 2.05) is 25.1 Å². The fourth-order valence-electron chi connectivity index (χ4n) is 1.80. The van der Waals surface area contributed by atoms with Crippen molar-refractivity contribution in [3.05, 3.63) is 41.7 Å². The van der Waals surface area contributed by atoms with Crippen molar-refractivity contribution < 1.29 is 9.90 Å². The lowest BCUT2D eigenvalue weighted by molar-refractivity contribution is -0.141. The summed E-state index contributed by atoms with van der Waals surface area (Å²) in [6.45, 7) is 1.82. The number of halogens is 1. The Kier molecular flexibility index (Phi) is 3.67. The van der Waals surface area contributed by atoms with E-state index in [2.05, 4.69) is 5.10 Å². The van der Waals surface area contributed by atoms with Crippen molar-refractivity contribution in [2.24, 2.45) is 0 Å². The smallest absolute Gasteiger partial charge is 0.328 e. The fraction of sp³-hybridized carbons (Fsp3) is 0.231. The zero-order valence-corrected chi connectivity index (χ0v) is 10.6. The first-order valence-electron chi connectivity index (χ1n) is 5.64. The van der Waals surface area contributed by atoms with E-state index in [1.165, 1.54) is 4.68 Å². The first kappa shape index (κ1) is 12.6. The molecule has 0 saturated carbocycles. The molecule has 1 aromatic heterocycles. The second-order valence-electron chi connectivity index (χ2n) is 3.98. The molecular formula is C13H13ClN2O2. The van der Waals surface area contributed by atoms with Gasteiger partial charge in [0.1, 0.15) is 6.04 Å². The summed E-state index contributed by atoms with van der Waals surface area (Å²) in [5.74, 6) is -0.877. The summed E-state index contributed by atoms with van der Waals surface area (Å²) in [5.41, 5.74) is 1.78. The molecule has 2 rings (SSSR count). The summed E-state index contributed by atoms with van der Waals surface area (Å²) in [4.78, 5) is 11.0. The predicted octanol–water partition coefficient (Wildman–Crippen LogP) is 3.24. The van der Waals surface area contributed by atoms with Crippen LogP contribution in [0.15, 0.2) is 36.7 Å². The highest BCUT2D eigenvalue weighted by Gasteiger charge is 2.18.